The number of aliphatic hydroxyl groups is 1. The van der Waals surface area contributed by atoms with Gasteiger partial charge in [-0.3, -0.25) is 19.5 Å². The molecule has 0 bridgehead atoms. The molecule has 4 aromatic rings. The van der Waals surface area contributed by atoms with Crippen molar-refractivity contribution in [2.24, 2.45) is 0 Å². The summed E-state index contributed by atoms with van der Waals surface area (Å²) in [7, 11) is 0. The van der Waals surface area contributed by atoms with Crippen molar-refractivity contribution in [1.29, 1.82) is 0 Å². The van der Waals surface area contributed by atoms with Crippen LogP contribution in [0.3, 0.4) is 0 Å². The van der Waals surface area contributed by atoms with Gasteiger partial charge in [-0.05, 0) is 35.2 Å². The van der Waals surface area contributed by atoms with Gasteiger partial charge in [-0.1, -0.05) is 91.0 Å². The molecule has 218 valence electrons. The smallest absolute Gasteiger partial charge is 0.439 e. The molecule has 8 nitrogen and oxygen atoms in total. The number of benzene rings is 3. The van der Waals surface area contributed by atoms with Crippen molar-refractivity contribution in [3.63, 3.8) is 0 Å². The molecule has 1 aromatic heterocycles. The summed E-state index contributed by atoms with van der Waals surface area (Å²) >= 11 is 0. The molecule has 0 aliphatic rings. The third-order valence-electron chi connectivity index (χ3n) is 6.51. The topological polar surface area (TPSA) is 110 Å². The molecule has 2 atom stereocenters. The van der Waals surface area contributed by atoms with Gasteiger partial charge in [0.2, 0.25) is 5.91 Å². The van der Waals surface area contributed by atoms with E-state index >= 15 is 13.2 Å². The van der Waals surface area contributed by atoms with Crippen LogP contribution in [0.15, 0.2) is 108 Å². The first-order valence-corrected chi connectivity index (χ1v) is 12.9. The van der Waals surface area contributed by atoms with Crippen LogP contribution in [0, 0.1) is 0 Å². The van der Waals surface area contributed by atoms with E-state index in [9.17, 15) is 19.5 Å². The van der Waals surface area contributed by atoms with Gasteiger partial charge < -0.3 is 15.2 Å². The second kappa shape index (κ2) is 12.7. The van der Waals surface area contributed by atoms with Crippen molar-refractivity contribution in [2.45, 2.75) is 37.9 Å². The third kappa shape index (κ3) is 6.69. The Bertz CT molecular complexity index is 1580. The molecule has 2 unspecified atom stereocenters. The second-order valence-corrected chi connectivity index (χ2v) is 9.49. The lowest BCUT2D eigenvalue weighted by atomic mass is 9.93. The maximum absolute atomic E-state index is 15.1. The number of alkyl halides is 3. The molecule has 2 amide bonds. The van der Waals surface area contributed by atoms with Gasteiger partial charge >= 0.3 is 12.3 Å². The number of halogens is 3. The summed E-state index contributed by atoms with van der Waals surface area (Å²) < 4.78 is 50.6. The fraction of sp³-hybridized carbons (Fsp3) is 0.194. The van der Waals surface area contributed by atoms with E-state index in [0.717, 1.165) is 13.0 Å². The highest BCUT2D eigenvalue weighted by Crippen LogP contribution is 2.40. The molecule has 0 saturated carbocycles. The summed E-state index contributed by atoms with van der Waals surface area (Å²) in [6.07, 6.45) is -7.05. The Hall–Kier alpha value is -4.90. The standard InChI is InChI=1S/C31H28F3N3O5/c1-21(38)35-27(19-22-11-5-2-6-12-22)30(41,31(32,33)34)37-26(24-15-9-4-10-16-24)18-17-25(28(37)39)36-29(40)42-20-23-13-7-3-8-14-23/h2-18,27,41H,19-20H2,1H3,(H,35,38)(H,36,40). The van der Waals surface area contributed by atoms with E-state index in [1.807, 2.05) is 0 Å². The average Bonchev–Trinajstić information content (AvgIpc) is 2.97. The van der Waals surface area contributed by atoms with E-state index in [0.29, 0.717) is 11.1 Å². The van der Waals surface area contributed by atoms with Gasteiger partial charge in [-0.25, -0.2) is 4.79 Å². The normalized spacial score (nSPS) is 13.5. The number of anilines is 1. The van der Waals surface area contributed by atoms with Gasteiger partial charge in [0.25, 0.3) is 11.3 Å². The van der Waals surface area contributed by atoms with Crippen molar-refractivity contribution in [3.05, 3.63) is 125 Å². The first kappa shape index (κ1) is 30.1. The van der Waals surface area contributed by atoms with Crippen molar-refractivity contribution in [1.82, 2.24) is 9.88 Å². The predicted octanol–water partition coefficient (Wildman–Crippen LogP) is 5.22. The van der Waals surface area contributed by atoms with Gasteiger partial charge in [0.15, 0.2) is 0 Å². The molecule has 0 fully saturated rings. The Balaban J connectivity index is 1.85. The Morgan fingerprint density at radius 1 is 0.857 bits per heavy atom. The number of rotatable bonds is 9. The zero-order valence-corrected chi connectivity index (χ0v) is 22.5. The first-order valence-electron chi connectivity index (χ1n) is 12.9. The summed E-state index contributed by atoms with van der Waals surface area (Å²) in [6, 6.07) is 24.5. The molecule has 0 saturated heterocycles. The minimum Gasteiger partial charge on any atom is -0.444 e. The van der Waals surface area contributed by atoms with E-state index in [4.69, 9.17) is 4.74 Å². The monoisotopic (exact) mass is 579 g/mol. The second-order valence-electron chi connectivity index (χ2n) is 9.49. The minimum atomic E-state index is -5.48. The number of hydrogen-bond acceptors (Lipinski definition) is 5. The van der Waals surface area contributed by atoms with Crippen LogP contribution in [0.25, 0.3) is 11.3 Å². The number of carbonyl (C=O) groups is 2. The summed E-state index contributed by atoms with van der Waals surface area (Å²) in [5, 5.41) is 16.1. The lowest BCUT2D eigenvalue weighted by Gasteiger charge is -2.40. The third-order valence-corrected chi connectivity index (χ3v) is 6.51. The SMILES string of the molecule is CC(=O)NC(Cc1ccccc1)C(O)(n1c(-c2ccccc2)ccc(NC(=O)OCc2ccccc2)c1=O)C(F)(F)F. The summed E-state index contributed by atoms with van der Waals surface area (Å²) in [5.74, 6) is -0.855. The van der Waals surface area contributed by atoms with Gasteiger partial charge in [0, 0.05) is 6.92 Å². The number of nitrogens with zero attached hydrogens (tertiary/aromatic N) is 1. The van der Waals surface area contributed by atoms with Crippen LogP contribution in [-0.4, -0.2) is 33.9 Å². The molecule has 4 rings (SSSR count). The predicted molar refractivity (Wildman–Crippen MR) is 150 cm³/mol. The number of pyridine rings is 1. The molecule has 0 aliphatic carbocycles. The number of ether oxygens (including phenoxy) is 1. The molecule has 0 spiro atoms. The molecular formula is C31H28F3N3O5. The molecular weight excluding hydrogens is 551 g/mol. The molecule has 0 radical (unpaired) electrons. The van der Waals surface area contributed by atoms with Crippen molar-refractivity contribution >= 4 is 17.7 Å². The van der Waals surface area contributed by atoms with Gasteiger partial charge in [0.05, 0.1) is 11.7 Å². The van der Waals surface area contributed by atoms with E-state index in [1.165, 1.54) is 30.3 Å². The Labute approximate surface area is 239 Å². The van der Waals surface area contributed by atoms with Crippen LogP contribution >= 0.6 is 0 Å². The van der Waals surface area contributed by atoms with Crippen LogP contribution in [-0.2, 0) is 28.3 Å². The first-order chi connectivity index (χ1) is 20.0. The van der Waals surface area contributed by atoms with E-state index in [2.05, 4.69) is 10.6 Å². The molecule has 3 aromatic carbocycles. The van der Waals surface area contributed by atoms with Crippen LogP contribution in [0.1, 0.15) is 18.1 Å². The van der Waals surface area contributed by atoms with Crippen LogP contribution in [0.4, 0.5) is 23.7 Å². The highest BCUT2D eigenvalue weighted by atomic mass is 19.4. The Morgan fingerprint density at radius 2 is 1.40 bits per heavy atom. The van der Waals surface area contributed by atoms with Crippen LogP contribution < -0.4 is 16.2 Å². The summed E-state index contributed by atoms with van der Waals surface area (Å²) in [6.45, 7) is 0.855. The molecule has 3 N–H and O–H groups in total. The van der Waals surface area contributed by atoms with Crippen LogP contribution in [0.5, 0.6) is 0 Å². The lowest BCUT2D eigenvalue weighted by Crippen LogP contribution is -2.65. The zero-order valence-electron chi connectivity index (χ0n) is 22.5. The molecule has 42 heavy (non-hydrogen) atoms. The van der Waals surface area contributed by atoms with Crippen LogP contribution in [0.2, 0.25) is 0 Å². The fourth-order valence-electron chi connectivity index (χ4n) is 4.54. The maximum Gasteiger partial charge on any atom is 0.439 e. The highest BCUT2D eigenvalue weighted by Gasteiger charge is 2.62. The quantitative estimate of drug-likeness (QED) is 0.252. The number of hydrogen-bond donors (Lipinski definition) is 3. The molecule has 11 heteroatoms. The largest absolute Gasteiger partial charge is 0.444 e. The van der Waals surface area contributed by atoms with Gasteiger partial charge in [-0.2, -0.15) is 13.2 Å². The van der Waals surface area contributed by atoms with E-state index in [1.54, 1.807) is 66.7 Å². The zero-order chi connectivity index (χ0) is 30.3. The van der Waals surface area contributed by atoms with Gasteiger partial charge in [-0.15, -0.1) is 0 Å². The number of amides is 2. The molecule has 0 aliphatic heterocycles. The Kier molecular flexibility index (Phi) is 9.12. The lowest BCUT2D eigenvalue weighted by molar-refractivity contribution is -0.310. The van der Waals surface area contributed by atoms with E-state index < -0.39 is 47.6 Å². The Morgan fingerprint density at radius 3 is 1.95 bits per heavy atom. The van der Waals surface area contributed by atoms with Gasteiger partial charge in [0.1, 0.15) is 12.3 Å². The number of aromatic nitrogens is 1. The molecule has 1 heterocycles. The minimum absolute atomic E-state index is 0.156. The average molecular weight is 580 g/mol. The maximum atomic E-state index is 15.1. The van der Waals surface area contributed by atoms with Crippen molar-refractivity contribution in [2.75, 3.05) is 5.32 Å². The number of carbonyl (C=O) groups excluding carboxylic acids is 2. The summed E-state index contributed by atoms with van der Waals surface area (Å²) in [5.41, 5.74) is -5.00. The number of nitrogens with one attached hydrogen (secondary N) is 2. The summed E-state index contributed by atoms with van der Waals surface area (Å²) in [4.78, 5) is 38.5. The van der Waals surface area contributed by atoms with E-state index in [-0.39, 0.29) is 22.4 Å². The van der Waals surface area contributed by atoms with Crippen molar-refractivity contribution in [3.8, 4) is 11.3 Å². The highest BCUT2D eigenvalue weighted by molar-refractivity contribution is 5.84. The fourth-order valence-corrected chi connectivity index (χ4v) is 4.54. The van der Waals surface area contributed by atoms with Crippen molar-refractivity contribution < 1.29 is 32.6 Å².